The minimum absolute atomic E-state index is 0.114. The van der Waals surface area contributed by atoms with Crippen LogP contribution >= 0.6 is 11.6 Å². The fraction of sp³-hybridized carbons (Fsp3) is 0.300. The molecule has 4 rings (SSSR count). The largest absolute Gasteiger partial charge is 0.463 e. The van der Waals surface area contributed by atoms with E-state index in [0.29, 0.717) is 41.8 Å². The maximum atomic E-state index is 13.0. The van der Waals surface area contributed by atoms with Crippen LogP contribution in [0.25, 0.3) is 17.1 Å². The molecule has 1 saturated heterocycles. The van der Waals surface area contributed by atoms with E-state index >= 15 is 0 Å². The minimum atomic E-state index is -0.114. The molecule has 1 aromatic carbocycles. The Labute approximate surface area is 167 Å². The third-order valence-electron chi connectivity index (χ3n) is 4.83. The first kappa shape index (κ1) is 18.7. The van der Waals surface area contributed by atoms with E-state index in [4.69, 9.17) is 21.1 Å². The lowest BCUT2D eigenvalue weighted by molar-refractivity contribution is 0.0609. The van der Waals surface area contributed by atoms with E-state index in [0.717, 1.165) is 18.8 Å². The van der Waals surface area contributed by atoms with Gasteiger partial charge in [-0.25, -0.2) is 4.68 Å². The number of carbonyl (C=O) groups excluding carboxylic acids is 1. The van der Waals surface area contributed by atoms with Crippen molar-refractivity contribution < 1.29 is 14.3 Å². The highest BCUT2D eigenvalue weighted by molar-refractivity contribution is 6.30. The van der Waals surface area contributed by atoms with Crippen LogP contribution in [0.2, 0.25) is 5.02 Å². The monoisotopic (exact) mass is 400 g/mol. The van der Waals surface area contributed by atoms with E-state index in [2.05, 4.69) is 10.00 Å². The van der Waals surface area contributed by atoms with Crippen LogP contribution in [-0.4, -0.2) is 69.9 Å². The summed E-state index contributed by atoms with van der Waals surface area (Å²) in [5.41, 5.74) is 1.81. The van der Waals surface area contributed by atoms with Gasteiger partial charge in [-0.05, 0) is 30.3 Å². The van der Waals surface area contributed by atoms with Crippen LogP contribution in [0.4, 0.5) is 0 Å². The van der Waals surface area contributed by atoms with E-state index in [1.54, 1.807) is 40.1 Å². The van der Waals surface area contributed by atoms with Crippen LogP contribution in [0.3, 0.4) is 0 Å². The number of rotatable bonds is 5. The molecule has 0 radical (unpaired) electrons. The highest BCUT2D eigenvalue weighted by Gasteiger charge is 2.25. The lowest BCUT2D eigenvalue weighted by Gasteiger charge is -2.33. The van der Waals surface area contributed by atoms with Gasteiger partial charge in [0.25, 0.3) is 5.91 Å². The molecule has 0 saturated carbocycles. The molecule has 146 valence electrons. The van der Waals surface area contributed by atoms with Crippen molar-refractivity contribution in [1.29, 1.82) is 0 Å². The third-order valence-corrected chi connectivity index (χ3v) is 5.07. The lowest BCUT2D eigenvalue weighted by Crippen LogP contribution is -2.49. The average molecular weight is 401 g/mol. The fourth-order valence-electron chi connectivity index (χ4n) is 3.37. The Hall–Kier alpha value is -2.61. The molecule has 7 nitrogen and oxygen atoms in total. The van der Waals surface area contributed by atoms with Gasteiger partial charge in [-0.1, -0.05) is 17.7 Å². The number of benzene rings is 1. The quantitative estimate of drug-likeness (QED) is 0.712. The van der Waals surface area contributed by atoms with Crippen LogP contribution < -0.4 is 0 Å². The van der Waals surface area contributed by atoms with Crippen molar-refractivity contribution in [3.8, 4) is 17.1 Å². The van der Waals surface area contributed by atoms with Crippen molar-refractivity contribution in [2.24, 2.45) is 0 Å². The Kier molecular flexibility index (Phi) is 5.47. The van der Waals surface area contributed by atoms with Crippen LogP contribution in [0, 0.1) is 0 Å². The molecule has 28 heavy (non-hydrogen) atoms. The Morgan fingerprint density at radius 3 is 2.64 bits per heavy atom. The molecule has 2 aromatic heterocycles. The summed E-state index contributed by atoms with van der Waals surface area (Å²) in [7, 11) is 0. The Balaban J connectivity index is 1.63. The van der Waals surface area contributed by atoms with E-state index in [-0.39, 0.29) is 12.5 Å². The van der Waals surface area contributed by atoms with Crippen LogP contribution in [-0.2, 0) is 0 Å². The van der Waals surface area contributed by atoms with Gasteiger partial charge in [-0.3, -0.25) is 9.69 Å². The summed E-state index contributed by atoms with van der Waals surface area (Å²) in [6, 6.07) is 12.7. The summed E-state index contributed by atoms with van der Waals surface area (Å²) in [6.07, 6.45) is 1.59. The molecule has 0 bridgehead atoms. The van der Waals surface area contributed by atoms with Crippen molar-refractivity contribution in [1.82, 2.24) is 19.6 Å². The predicted octanol–water partition coefficient (Wildman–Crippen LogP) is 2.54. The summed E-state index contributed by atoms with van der Waals surface area (Å²) >= 11 is 6.14. The van der Waals surface area contributed by atoms with Crippen molar-refractivity contribution in [2.45, 2.75) is 0 Å². The predicted molar refractivity (Wildman–Crippen MR) is 106 cm³/mol. The molecule has 0 unspecified atom stereocenters. The molecule has 1 aliphatic heterocycles. The summed E-state index contributed by atoms with van der Waals surface area (Å²) in [6.45, 7) is 3.47. The average Bonchev–Trinajstić information content (AvgIpc) is 3.38. The Bertz CT molecular complexity index is 946. The highest BCUT2D eigenvalue weighted by Crippen LogP contribution is 2.26. The smallest absolute Gasteiger partial charge is 0.274 e. The van der Waals surface area contributed by atoms with Crippen molar-refractivity contribution in [3.63, 3.8) is 0 Å². The molecule has 3 heterocycles. The van der Waals surface area contributed by atoms with Crippen molar-refractivity contribution in [2.75, 3.05) is 39.3 Å². The number of amides is 1. The zero-order valence-corrected chi connectivity index (χ0v) is 16.0. The molecule has 1 fully saturated rings. The van der Waals surface area contributed by atoms with Gasteiger partial charge in [0.15, 0.2) is 11.5 Å². The number of nitrogens with zero attached hydrogens (tertiary/aromatic N) is 4. The number of hydrogen-bond acceptors (Lipinski definition) is 5. The summed E-state index contributed by atoms with van der Waals surface area (Å²) in [5.74, 6) is 0.511. The van der Waals surface area contributed by atoms with Gasteiger partial charge < -0.3 is 14.4 Å². The zero-order chi connectivity index (χ0) is 19.5. The summed E-state index contributed by atoms with van der Waals surface area (Å²) < 4.78 is 7.22. The normalized spacial score (nSPS) is 15.1. The lowest BCUT2D eigenvalue weighted by atomic mass is 10.2. The Morgan fingerprint density at radius 1 is 1.14 bits per heavy atom. The molecular formula is C20H21ClN4O3. The molecule has 0 atom stereocenters. The second kappa shape index (κ2) is 8.18. The van der Waals surface area contributed by atoms with Gasteiger partial charge in [-0.15, -0.1) is 0 Å². The van der Waals surface area contributed by atoms with Gasteiger partial charge in [0.05, 0.1) is 18.6 Å². The van der Waals surface area contributed by atoms with Gasteiger partial charge in [0.2, 0.25) is 0 Å². The second-order valence-corrected chi connectivity index (χ2v) is 7.08. The number of piperazine rings is 1. The number of aliphatic hydroxyl groups is 1. The fourth-order valence-corrected chi connectivity index (χ4v) is 3.55. The third kappa shape index (κ3) is 3.82. The van der Waals surface area contributed by atoms with Crippen molar-refractivity contribution in [3.05, 3.63) is 59.4 Å². The van der Waals surface area contributed by atoms with E-state index < -0.39 is 0 Å². The topological polar surface area (TPSA) is 74.7 Å². The van der Waals surface area contributed by atoms with Crippen LogP contribution in [0.5, 0.6) is 0 Å². The van der Waals surface area contributed by atoms with Gasteiger partial charge in [-0.2, -0.15) is 5.10 Å². The standard InChI is InChI=1S/C20H21ClN4O3/c21-15-3-1-4-16(13-15)25-18(19-5-2-12-28-19)14-17(22-25)20(27)24-8-6-23(7-9-24)10-11-26/h1-5,12-14,26H,6-11H2. The summed E-state index contributed by atoms with van der Waals surface area (Å²) in [5, 5.41) is 14.2. The van der Waals surface area contributed by atoms with Gasteiger partial charge in [0.1, 0.15) is 5.69 Å². The van der Waals surface area contributed by atoms with Crippen LogP contribution in [0.15, 0.2) is 53.1 Å². The van der Waals surface area contributed by atoms with E-state index in [1.165, 1.54) is 0 Å². The molecule has 1 aliphatic rings. The number of β-amino-alcohol motifs (C(OH)–C–C–N with tert-alkyl or cyclic N) is 1. The number of carbonyl (C=O) groups is 1. The SMILES string of the molecule is O=C(c1cc(-c2ccco2)n(-c2cccc(Cl)c2)n1)N1CCN(CCO)CC1. The molecule has 1 amide bonds. The number of hydrogen-bond donors (Lipinski definition) is 1. The molecule has 0 spiro atoms. The second-order valence-electron chi connectivity index (χ2n) is 6.64. The van der Waals surface area contributed by atoms with Gasteiger partial charge in [0, 0.05) is 43.8 Å². The summed E-state index contributed by atoms with van der Waals surface area (Å²) in [4.78, 5) is 17.0. The van der Waals surface area contributed by atoms with Gasteiger partial charge >= 0.3 is 0 Å². The molecule has 3 aromatic rings. The molecule has 1 N–H and O–H groups in total. The first-order valence-corrected chi connectivity index (χ1v) is 9.56. The van der Waals surface area contributed by atoms with E-state index in [9.17, 15) is 4.79 Å². The highest BCUT2D eigenvalue weighted by atomic mass is 35.5. The molecule has 0 aliphatic carbocycles. The number of aromatic nitrogens is 2. The van der Waals surface area contributed by atoms with E-state index in [1.807, 2.05) is 18.2 Å². The first-order valence-electron chi connectivity index (χ1n) is 9.18. The maximum absolute atomic E-state index is 13.0. The first-order chi connectivity index (χ1) is 13.7. The minimum Gasteiger partial charge on any atom is -0.463 e. The number of halogens is 1. The molecule has 8 heteroatoms. The van der Waals surface area contributed by atoms with Crippen LogP contribution in [0.1, 0.15) is 10.5 Å². The molecular weight excluding hydrogens is 380 g/mol. The number of aliphatic hydroxyl groups excluding tert-OH is 1. The zero-order valence-electron chi connectivity index (χ0n) is 15.3. The Morgan fingerprint density at radius 2 is 1.96 bits per heavy atom. The maximum Gasteiger partial charge on any atom is 0.274 e. The van der Waals surface area contributed by atoms with Crippen molar-refractivity contribution >= 4 is 17.5 Å². The number of furan rings is 1.